The third-order valence-electron chi connectivity index (χ3n) is 4.38. The number of alkyl halides is 3. The van der Waals surface area contributed by atoms with Crippen LogP contribution < -0.4 is 5.32 Å². The molecule has 27 heavy (non-hydrogen) atoms. The molecular weight excluding hydrogens is 379 g/mol. The first-order chi connectivity index (χ1) is 12.9. The monoisotopic (exact) mass is 399 g/mol. The standard InChI is InChI=1S/C17H20F3N5OS/c1-2-5-12-14(27-25-24-12)16(26)21-9-8-13-22-11-7-4-3-6-10(11)15(23-13)17(18,19)20/h2-9H2,1H3,(H,21,26). The van der Waals surface area contributed by atoms with Crippen molar-refractivity contribution in [3.63, 3.8) is 0 Å². The third-order valence-corrected chi connectivity index (χ3v) is 5.15. The number of nitrogens with one attached hydrogen (secondary N) is 1. The lowest BCUT2D eigenvalue weighted by atomic mass is 9.94. The van der Waals surface area contributed by atoms with Crippen LogP contribution >= 0.6 is 11.5 Å². The average molecular weight is 399 g/mol. The van der Waals surface area contributed by atoms with Gasteiger partial charge in [0, 0.05) is 24.2 Å². The molecule has 0 fully saturated rings. The summed E-state index contributed by atoms with van der Waals surface area (Å²) in [5, 5.41) is 6.64. The molecule has 2 aromatic heterocycles. The molecule has 0 radical (unpaired) electrons. The molecule has 146 valence electrons. The molecule has 10 heteroatoms. The molecule has 1 amide bonds. The van der Waals surface area contributed by atoms with Crippen molar-refractivity contribution in [2.24, 2.45) is 0 Å². The second kappa shape index (κ2) is 8.28. The summed E-state index contributed by atoms with van der Waals surface area (Å²) in [5.74, 6) is -0.207. The van der Waals surface area contributed by atoms with E-state index in [-0.39, 0.29) is 30.3 Å². The quantitative estimate of drug-likeness (QED) is 0.807. The fourth-order valence-electron chi connectivity index (χ4n) is 3.14. The molecule has 0 saturated heterocycles. The largest absolute Gasteiger partial charge is 0.433 e. The first-order valence-electron chi connectivity index (χ1n) is 8.95. The highest BCUT2D eigenvalue weighted by atomic mass is 32.1. The van der Waals surface area contributed by atoms with E-state index in [0.717, 1.165) is 30.8 Å². The highest BCUT2D eigenvalue weighted by molar-refractivity contribution is 7.08. The summed E-state index contributed by atoms with van der Waals surface area (Å²) in [7, 11) is 0. The molecule has 2 aromatic rings. The minimum Gasteiger partial charge on any atom is -0.351 e. The lowest BCUT2D eigenvalue weighted by molar-refractivity contribution is -0.142. The molecule has 0 saturated carbocycles. The van der Waals surface area contributed by atoms with E-state index in [4.69, 9.17) is 0 Å². The maximum absolute atomic E-state index is 13.3. The number of hydrogen-bond acceptors (Lipinski definition) is 6. The lowest BCUT2D eigenvalue weighted by Gasteiger charge is -2.20. The van der Waals surface area contributed by atoms with Crippen LogP contribution in [-0.4, -0.2) is 32.0 Å². The van der Waals surface area contributed by atoms with Crippen molar-refractivity contribution in [2.45, 2.75) is 58.0 Å². The predicted octanol–water partition coefficient (Wildman–Crippen LogP) is 3.15. The molecule has 1 N–H and O–H groups in total. The van der Waals surface area contributed by atoms with Gasteiger partial charge in [-0.3, -0.25) is 4.79 Å². The van der Waals surface area contributed by atoms with Gasteiger partial charge in [-0.05, 0) is 43.6 Å². The van der Waals surface area contributed by atoms with E-state index in [1.165, 1.54) is 0 Å². The summed E-state index contributed by atoms with van der Waals surface area (Å²) in [6.07, 6.45) is -0.416. The van der Waals surface area contributed by atoms with Gasteiger partial charge in [-0.2, -0.15) is 13.2 Å². The normalized spacial score (nSPS) is 14.1. The molecule has 3 rings (SSSR count). The van der Waals surface area contributed by atoms with Gasteiger partial charge >= 0.3 is 6.18 Å². The van der Waals surface area contributed by atoms with Crippen LogP contribution in [0.1, 0.15) is 64.3 Å². The molecule has 2 heterocycles. The third kappa shape index (κ3) is 4.60. The van der Waals surface area contributed by atoms with Gasteiger partial charge < -0.3 is 5.32 Å². The fraction of sp³-hybridized carbons (Fsp3) is 0.588. The Morgan fingerprint density at radius 2 is 1.96 bits per heavy atom. The topological polar surface area (TPSA) is 80.7 Å². The second-order valence-corrected chi connectivity index (χ2v) is 7.18. The highest BCUT2D eigenvalue weighted by Crippen LogP contribution is 2.34. The zero-order valence-corrected chi connectivity index (χ0v) is 15.7. The van der Waals surface area contributed by atoms with E-state index in [1.54, 1.807) is 0 Å². The van der Waals surface area contributed by atoms with Crippen LogP contribution in [-0.2, 0) is 31.9 Å². The van der Waals surface area contributed by atoms with Gasteiger partial charge in [0.1, 0.15) is 10.7 Å². The Bertz CT molecular complexity index is 821. The number of aryl methyl sites for hydroxylation is 2. The van der Waals surface area contributed by atoms with Crippen LogP contribution in [0.3, 0.4) is 0 Å². The zero-order chi connectivity index (χ0) is 19.4. The lowest BCUT2D eigenvalue weighted by Crippen LogP contribution is -2.27. The number of carbonyl (C=O) groups excluding carboxylic acids is 1. The van der Waals surface area contributed by atoms with Gasteiger partial charge in [0.15, 0.2) is 5.69 Å². The van der Waals surface area contributed by atoms with Gasteiger partial charge in [-0.25, -0.2) is 9.97 Å². The molecule has 0 atom stereocenters. The smallest absolute Gasteiger partial charge is 0.351 e. The van der Waals surface area contributed by atoms with Crippen molar-refractivity contribution in [3.8, 4) is 0 Å². The van der Waals surface area contributed by atoms with Crippen molar-refractivity contribution in [2.75, 3.05) is 6.54 Å². The molecule has 0 unspecified atom stereocenters. The van der Waals surface area contributed by atoms with E-state index in [0.29, 0.717) is 35.5 Å². The zero-order valence-electron chi connectivity index (χ0n) is 14.9. The highest BCUT2D eigenvalue weighted by Gasteiger charge is 2.37. The number of carbonyl (C=O) groups is 1. The van der Waals surface area contributed by atoms with Gasteiger partial charge in [0.25, 0.3) is 5.91 Å². The van der Waals surface area contributed by atoms with Crippen LogP contribution in [0.5, 0.6) is 0 Å². The van der Waals surface area contributed by atoms with Crippen LogP contribution in [0.4, 0.5) is 13.2 Å². The number of halogens is 3. The summed E-state index contributed by atoms with van der Waals surface area (Å²) < 4.78 is 43.8. The van der Waals surface area contributed by atoms with Gasteiger partial charge in [0.05, 0.1) is 5.69 Å². The van der Waals surface area contributed by atoms with E-state index < -0.39 is 11.9 Å². The average Bonchev–Trinajstić information content (AvgIpc) is 3.09. The maximum Gasteiger partial charge on any atom is 0.433 e. The molecule has 0 bridgehead atoms. The summed E-state index contributed by atoms with van der Waals surface area (Å²) >= 11 is 1.02. The van der Waals surface area contributed by atoms with Crippen LogP contribution in [0.25, 0.3) is 0 Å². The molecule has 6 nitrogen and oxygen atoms in total. The Balaban J connectivity index is 1.69. The van der Waals surface area contributed by atoms with Gasteiger partial charge in [-0.15, -0.1) is 5.10 Å². The summed E-state index contributed by atoms with van der Waals surface area (Å²) in [6, 6.07) is 0. The Morgan fingerprint density at radius 3 is 2.70 bits per heavy atom. The van der Waals surface area contributed by atoms with Gasteiger partial charge in [-0.1, -0.05) is 17.8 Å². The van der Waals surface area contributed by atoms with E-state index in [1.807, 2.05) is 6.92 Å². The number of fused-ring (bicyclic) bond motifs is 1. The number of amides is 1. The SMILES string of the molecule is CCCc1nnsc1C(=O)NCCc1nc2c(c(C(F)(F)F)n1)CCCC2. The van der Waals surface area contributed by atoms with Crippen molar-refractivity contribution < 1.29 is 18.0 Å². The second-order valence-electron chi connectivity index (χ2n) is 6.42. The van der Waals surface area contributed by atoms with Crippen molar-refractivity contribution in [3.05, 3.63) is 33.3 Å². The first kappa shape index (κ1) is 19.7. The van der Waals surface area contributed by atoms with E-state index in [9.17, 15) is 18.0 Å². The van der Waals surface area contributed by atoms with E-state index >= 15 is 0 Å². The Morgan fingerprint density at radius 1 is 1.19 bits per heavy atom. The Labute approximate surface area is 158 Å². The molecule has 1 aliphatic carbocycles. The minimum absolute atomic E-state index is 0.111. The van der Waals surface area contributed by atoms with Crippen LogP contribution in [0, 0.1) is 0 Å². The Hall–Kier alpha value is -2.10. The predicted molar refractivity (Wildman–Crippen MR) is 93.6 cm³/mol. The molecule has 0 spiro atoms. The van der Waals surface area contributed by atoms with Crippen molar-refractivity contribution in [1.29, 1.82) is 0 Å². The molecular formula is C17H20F3N5OS. The Kier molecular flexibility index (Phi) is 6.03. The first-order valence-corrected chi connectivity index (χ1v) is 9.72. The molecule has 0 aromatic carbocycles. The van der Waals surface area contributed by atoms with Crippen molar-refractivity contribution in [1.82, 2.24) is 24.9 Å². The number of hydrogen-bond donors (Lipinski definition) is 1. The molecule has 1 aliphatic rings. The minimum atomic E-state index is -4.49. The number of aromatic nitrogens is 4. The van der Waals surface area contributed by atoms with Crippen LogP contribution in [0.2, 0.25) is 0 Å². The fourth-order valence-corrected chi connectivity index (χ4v) is 3.77. The number of rotatable bonds is 6. The van der Waals surface area contributed by atoms with Crippen molar-refractivity contribution >= 4 is 17.4 Å². The summed E-state index contributed by atoms with van der Waals surface area (Å²) in [4.78, 5) is 20.8. The summed E-state index contributed by atoms with van der Waals surface area (Å²) in [5.41, 5.74) is 0.526. The molecule has 0 aliphatic heterocycles. The maximum atomic E-state index is 13.3. The number of nitrogens with zero attached hydrogens (tertiary/aromatic N) is 4. The van der Waals surface area contributed by atoms with Crippen LogP contribution in [0.15, 0.2) is 0 Å². The van der Waals surface area contributed by atoms with Gasteiger partial charge in [0.2, 0.25) is 0 Å². The summed E-state index contributed by atoms with van der Waals surface area (Å²) in [6.45, 7) is 2.13. The van der Waals surface area contributed by atoms with E-state index in [2.05, 4.69) is 24.9 Å².